The maximum absolute atomic E-state index is 13.3. The molecule has 0 radical (unpaired) electrons. The van der Waals surface area contributed by atoms with Crippen LogP contribution in [0.15, 0.2) is 18.2 Å². The van der Waals surface area contributed by atoms with Gasteiger partial charge in [-0.15, -0.1) is 0 Å². The molecule has 2 heterocycles. The van der Waals surface area contributed by atoms with E-state index in [-0.39, 0.29) is 42.4 Å². The predicted molar refractivity (Wildman–Crippen MR) is 125 cm³/mol. The van der Waals surface area contributed by atoms with Crippen LogP contribution in [0.1, 0.15) is 42.1 Å². The van der Waals surface area contributed by atoms with Gasteiger partial charge in [0, 0.05) is 47.8 Å². The van der Waals surface area contributed by atoms with Crippen LogP contribution >= 0.6 is 0 Å². The summed E-state index contributed by atoms with van der Waals surface area (Å²) in [6.07, 6.45) is 1.25. The highest BCUT2D eigenvalue weighted by Crippen LogP contribution is 2.28. The lowest BCUT2D eigenvalue weighted by Gasteiger charge is -2.38. The summed E-state index contributed by atoms with van der Waals surface area (Å²) in [5, 5.41) is 9.60. The van der Waals surface area contributed by atoms with Crippen molar-refractivity contribution in [2.24, 2.45) is 5.92 Å². The molecule has 0 spiro atoms. The fourth-order valence-electron chi connectivity index (χ4n) is 4.68. The van der Waals surface area contributed by atoms with E-state index in [4.69, 9.17) is 18.9 Å². The lowest BCUT2D eigenvalue weighted by atomic mass is 9.97. The normalized spacial score (nSPS) is 29.2. The molecular weight excluding hydrogens is 438 g/mol. The maximum atomic E-state index is 13.3. The first-order valence-electron chi connectivity index (χ1n) is 11.7. The molecule has 34 heavy (non-hydrogen) atoms. The van der Waals surface area contributed by atoms with E-state index in [1.165, 1.54) is 12.0 Å². The van der Waals surface area contributed by atoms with Crippen LogP contribution in [-0.4, -0.2) is 94.0 Å². The molecule has 5 atom stereocenters. The van der Waals surface area contributed by atoms with E-state index < -0.39 is 12.0 Å². The third kappa shape index (κ3) is 5.69. The summed E-state index contributed by atoms with van der Waals surface area (Å²) in [6, 6.07) is 7.07. The second-order valence-corrected chi connectivity index (χ2v) is 9.05. The van der Waals surface area contributed by atoms with Gasteiger partial charge in [-0.1, -0.05) is 13.0 Å². The highest BCUT2D eigenvalue weighted by atomic mass is 16.5. The monoisotopic (exact) mass is 473 g/mol. The Kier molecular flexibility index (Phi) is 8.89. The van der Waals surface area contributed by atoms with Gasteiger partial charge in [0.05, 0.1) is 42.0 Å². The lowest BCUT2D eigenvalue weighted by molar-refractivity contribution is -0.154. The molecule has 2 amide bonds. The SMILES string of the molecule is CO[C@H]1CC[C@H]2CCOc3c(C#N)cccc3C(=O)N(C)C[C@H](OC)[C@H](C)C(=O)N(C)C[C@@H]1O2. The number of fused-ring (bicyclic) bond motifs is 3. The lowest BCUT2D eigenvalue weighted by Crippen LogP contribution is -2.50. The Labute approximate surface area is 201 Å². The molecule has 0 unspecified atom stereocenters. The Morgan fingerprint density at radius 1 is 1.03 bits per heavy atom. The number of carbonyl (C=O) groups excluding carboxylic acids is 2. The zero-order valence-corrected chi connectivity index (χ0v) is 20.7. The molecule has 0 aromatic heterocycles. The van der Waals surface area contributed by atoms with Gasteiger partial charge in [-0.05, 0) is 25.0 Å². The molecular formula is C25H35N3O6. The summed E-state index contributed by atoms with van der Waals surface area (Å²) >= 11 is 0. The number of rotatable bonds is 2. The molecule has 2 aliphatic rings. The van der Waals surface area contributed by atoms with Crippen molar-refractivity contribution >= 4 is 11.8 Å². The Hall–Kier alpha value is -2.67. The van der Waals surface area contributed by atoms with Crippen LogP contribution < -0.4 is 4.74 Å². The van der Waals surface area contributed by atoms with Crippen molar-refractivity contribution in [1.29, 1.82) is 5.26 Å². The second-order valence-electron chi connectivity index (χ2n) is 9.05. The van der Waals surface area contributed by atoms with E-state index >= 15 is 0 Å². The number of hydrogen-bond donors (Lipinski definition) is 0. The summed E-state index contributed by atoms with van der Waals surface area (Å²) in [4.78, 5) is 29.7. The van der Waals surface area contributed by atoms with Crippen LogP contribution in [0, 0.1) is 17.2 Å². The quantitative estimate of drug-likeness (QED) is 0.648. The number of likely N-dealkylation sites (N-methyl/N-ethyl adjacent to an activating group) is 2. The predicted octanol–water partition coefficient (Wildman–Crippen LogP) is 2.08. The minimum atomic E-state index is -0.515. The number of nitrogens with zero attached hydrogens (tertiary/aromatic N) is 3. The minimum absolute atomic E-state index is 0.0759. The van der Waals surface area contributed by atoms with E-state index in [9.17, 15) is 14.9 Å². The number of methoxy groups -OCH3 is 2. The van der Waals surface area contributed by atoms with Gasteiger partial charge in [0.15, 0.2) is 0 Å². The Bertz CT molecular complexity index is 916. The Morgan fingerprint density at radius 2 is 1.76 bits per heavy atom. The van der Waals surface area contributed by atoms with Gasteiger partial charge in [-0.2, -0.15) is 5.26 Å². The van der Waals surface area contributed by atoms with Crippen LogP contribution in [0.25, 0.3) is 0 Å². The fraction of sp³-hybridized carbons (Fsp3) is 0.640. The van der Waals surface area contributed by atoms with E-state index in [0.717, 1.165) is 12.8 Å². The molecule has 3 rings (SSSR count). The van der Waals surface area contributed by atoms with Crippen LogP contribution in [0.2, 0.25) is 0 Å². The molecule has 186 valence electrons. The molecule has 2 aliphatic heterocycles. The molecule has 9 heteroatoms. The third-order valence-corrected chi connectivity index (χ3v) is 6.79. The topological polar surface area (TPSA) is 101 Å². The van der Waals surface area contributed by atoms with Gasteiger partial charge >= 0.3 is 0 Å². The highest BCUT2D eigenvalue weighted by Gasteiger charge is 2.36. The summed E-state index contributed by atoms with van der Waals surface area (Å²) in [7, 11) is 6.61. The van der Waals surface area contributed by atoms with Crippen molar-refractivity contribution in [2.45, 2.75) is 50.6 Å². The first-order valence-corrected chi connectivity index (χ1v) is 11.7. The number of amides is 2. The maximum Gasteiger partial charge on any atom is 0.257 e. The molecule has 0 aliphatic carbocycles. The molecule has 2 bridgehead atoms. The molecule has 9 nitrogen and oxygen atoms in total. The summed E-state index contributed by atoms with van der Waals surface area (Å²) < 4.78 is 23.6. The summed E-state index contributed by atoms with van der Waals surface area (Å²) in [5.74, 6) is -0.601. The number of ether oxygens (including phenoxy) is 4. The van der Waals surface area contributed by atoms with Crippen molar-refractivity contribution in [2.75, 3.05) is 48.0 Å². The number of nitriles is 1. The zero-order valence-electron chi connectivity index (χ0n) is 20.7. The molecule has 0 saturated carbocycles. The van der Waals surface area contributed by atoms with Gasteiger partial charge in [-0.3, -0.25) is 9.59 Å². The molecule has 1 aromatic rings. The smallest absolute Gasteiger partial charge is 0.257 e. The average Bonchev–Trinajstić information content (AvgIpc) is 2.85. The Morgan fingerprint density at radius 3 is 2.44 bits per heavy atom. The average molecular weight is 474 g/mol. The van der Waals surface area contributed by atoms with Gasteiger partial charge < -0.3 is 28.7 Å². The Balaban J connectivity index is 1.95. The van der Waals surface area contributed by atoms with E-state index in [1.807, 2.05) is 0 Å². The largest absolute Gasteiger partial charge is 0.491 e. The van der Waals surface area contributed by atoms with E-state index in [0.29, 0.717) is 30.7 Å². The number of para-hydroxylation sites is 1. The van der Waals surface area contributed by atoms with E-state index in [1.54, 1.807) is 51.2 Å². The highest BCUT2D eigenvalue weighted by molar-refractivity contribution is 5.97. The van der Waals surface area contributed by atoms with Crippen LogP contribution in [-0.2, 0) is 19.0 Å². The number of benzene rings is 1. The van der Waals surface area contributed by atoms with E-state index in [2.05, 4.69) is 6.07 Å². The molecule has 1 saturated heterocycles. The first kappa shape index (κ1) is 25.9. The molecule has 0 N–H and O–H groups in total. The van der Waals surface area contributed by atoms with Crippen molar-refractivity contribution in [1.82, 2.24) is 9.80 Å². The van der Waals surface area contributed by atoms with Gasteiger partial charge in [0.2, 0.25) is 5.91 Å². The summed E-state index contributed by atoms with van der Waals surface area (Å²) in [6.45, 7) is 2.70. The minimum Gasteiger partial charge on any atom is -0.491 e. The summed E-state index contributed by atoms with van der Waals surface area (Å²) in [5.41, 5.74) is 0.609. The van der Waals surface area contributed by atoms with Gasteiger partial charge in [0.25, 0.3) is 5.91 Å². The van der Waals surface area contributed by atoms with Crippen molar-refractivity contribution in [3.8, 4) is 11.8 Å². The van der Waals surface area contributed by atoms with Crippen molar-refractivity contribution in [3.63, 3.8) is 0 Å². The molecule has 1 fully saturated rings. The van der Waals surface area contributed by atoms with Gasteiger partial charge in [-0.25, -0.2) is 0 Å². The standard InChI is InChI=1S/C25H35N3O6/c1-16-21(32-5)14-28(3)25(30)19-8-6-7-17(13-26)23(19)33-12-11-18-9-10-20(31-4)22(34-18)15-27(2)24(16)29/h6-8,16,18,20-22H,9-12,14-15H2,1-5H3/t16-,18-,20-,21-,22-/m0/s1. The van der Waals surface area contributed by atoms with Crippen molar-refractivity contribution < 1.29 is 28.5 Å². The van der Waals surface area contributed by atoms with Crippen LogP contribution in [0.4, 0.5) is 0 Å². The second kappa shape index (κ2) is 11.6. The van der Waals surface area contributed by atoms with Crippen molar-refractivity contribution in [3.05, 3.63) is 29.3 Å². The zero-order chi connectivity index (χ0) is 24.8. The number of carbonyl (C=O) groups is 2. The van der Waals surface area contributed by atoms with Crippen LogP contribution in [0.3, 0.4) is 0 Å². The molecule has 1 aromatic carbocycles. The number of hydrogen-bond acceptors (Lipinski definition) is 7. The van der Waals surface area contributed by atoms with Crippen LogP contribution in [0.5, 0.6) is 5.75 Å². The fourth-order valence-corrected chi connectivity index (χ4v) is 4.68. The first-order chi connectivity index (χ1) is 16.3. The van der Waals surface area contributed by atoms with Gasteiger partial charge in [0.1, 0.15) is 17.9 Å². The third-order valence-electron chi connectivity index (χ3n) is 6.79.